The fourth-order valence-corrected chi connectivity index (χ4v) is 3.85. The van der Waals surface area contributed by atoms with Crippen LogP contribution in [0.25, 0.3) is 0 Å². The summed E-state index contributed by atoms with van der Waals surface area (Å²) in [5, 5.41) is 7.77. The highest BCUT2D eigenvalue weighted by Gasteiger charge is 2.24. The molecule has 0 aliphatic carbocycles. The van der Waals surface area contributed by atoms with E-state index in [1.54, 1.807) is 0 Å². The lowest BCUT2D eigenvalue weighted by Gasteiger charge is -2.25. The standard InChI is InChI=1S/C23H25Cl2N3O/c1-15-12-16(2)28(27-15)14-23(29)26-17(3)22(19-6-10-21(25)11-7-19)13-18-4-8-20(24)9-5-18/h4-12,17,22H,13-14H2,1-3H3,(H,26,29)/p+1/t17-,22+/m1/s1. The number of aryl methyl sites for hydroxylation is 2. The number of benzene rings is 2. The van der Waals surface area contributed by atoms with Gasteiger partial charge in [-0.3, -0.25) is 4.79 Å². The van der Waals surface area contributed by atoms with E-state index in [1.807, 2.05) is 80.1 Å². The molecule has 6 heteroatoms. The minimum atomic E-state index is -0.0590. The molecule has 2 atom stereocenters. The summed E-state index contributed by atoms with van der Waals surface area (Å²) in [4.78, 5) is 12.7. The van der Waals surface area contributed by atoms with E-state index in [1.165, 1.54) is 5.56 Å². The molecule has 0 aliphatic heterocycles. The van der Waals surface area contributed by atoms with E-state index in [4.69, 9.17) is 23.2 Å². The number of carbonyl (C=O) groups is 1. The van der Waals surface area contributed by atoms with Crippen LogP contribution in [-0.2, 0) is 17.8 Å². The average molecular weight is 431 g/mol. The van der Waals surface area contributed by atoms with Crippen molar-refractivity contribution in [2.24, 2.45) is 0 Å². The van der Waals surface area contributed by atoms with Gasteiger partial charge in [-0.25, -0.2) is 0 Å². The van der Waals surface area contributed by atoms with Crippen molar-refractivity contribution in [2.75, 3.05) is 0 Å². The zero-order chi connectivity index (χ0) is 21.0. The summed E-state index contributed by atoms with van der Waals surface area (Å²) in [6, 6.07) is 17.6. The summed E-state index contributed by atoms with van der Waals surface area (Å²) >= 11 is 12.1. The van der Waals surface area contributed by atoms with E-state index in [0.717, 1.165) is 23.4 Å². The van der Waals surface area contributed by atoms with Crippen LogP contribution in [0, 0.1) is 13.8 Å². The van der Waals surface area contributed by atoms with Crippen LogP contribution >= 0.6 is 23.2 Å². The number of H-pyrrole nitrogens is 1. The Kier molecular flexibility index (Phi) is 6.99. The van der Waals surface area contributed by atoms with Gasteiger partial charge >= 0.3 is 0 Å². The third kappa shape index (κ3) is 5.84. The normalized spacial score (nSPS) is 13.1. The summed E-state index contributed by atoms with van der Waals surface area (Å²) in [6.07, 6.45) is 0.786. The van der Waals surface area contributed by atoms with Crippen LogP contribution < -0.4 is 10.00 Å². The van der Waals surface area contributed by atoms with Gasteiger partial charge < -0.3 is 5.32 Å². The van der Waals surface area contributed by atoms with Gasteiger partial charge in [0.25, 0.3) is 5.91 Å². The number of nitrogens with one attached hydrogen (secondary N) is 2. The van der Waals surface area contributed by atoms with Gasteiger partial charge in [-0.2, -0.15) is 5.10 Å². The molecule has 0 radical (unpaired) electrons. The molecule has 0 bridgehead atoms. The van der Waals surface area contributed by atoms with Crippen molar-refractivity contribution in [3.63, 3.8) is 0 Å². The highest BCUT2D eigenvalue weighted by molar-refractivity contribution is 6.30. The second-order valence-electron chi connectivity index (χ2n) is 7.51. The molecule has 3 rings (SSSR count). The molecule has 2 N–H and O–H groups in total. The molecule has 29 heavy (non-hydrogen) atoms. The van der Waals surface area contributed by atoms with Crippen LogP contribution in [0.1, 0.15) is 35.4 Å². The van der Waals surface area contributed by atoms with Gasteiger partial charge in [0, 0.05) is 35.0 Å². The van der Waals surface area contributed by atoms with Crippen LogP contribution in [0.4, 0.5) is 0 Å². The largest absolute Gasteiger partial charge is 0.347 e. The minimum Gasteiger partial charge on any atom is -0.347 e. The van der Waals surface area contributed by atoms with E-state index in [-0.39, 0.29) is 24.4 Å². The molecule has 0 saturated heterocycles. The first-order valence-corrected chi connectivity index (χ1v) is 10.4. The minimum absolute atomic E-state index is 0.0254. The molecular weight excluding hydrogens is 405 g/mol. The number of amides is 1. The molecule has 1 heterocycles. The number of aromatic amines is 1. The molecular formula is C23H26Cl2N3O+. The predicted octanol–water partition coefficient (Wildman–Crippen LogP) is 4.76. The number of halogens is 2. The summed E-state index contributed by atoms with van der Waals surface area (Å²) in [7, 11) is 0. The van der Waals surface area contributed by atoms with Crippen LogP contribution in [-0.4, -0.2) is 17.0 Å². The average Bonchev–Trinajstić information content (AvgIpc) is 2.98. The van der Waals surface area contributed by atoms with Crippen molar-refractivity contribution in [3.05, 3.63) is 87.2 Å². The van der Waals surface area contributed by atoms with Gasteiger partial charge in [-0.1, -0.05) is 47.5 Å². The van der Waals surface area contributed by atoms with Gasteiger partial charge in [-0.05, 0) is 55.7 Å². The highest BCUT2D eigenvalue weighted by atomic mass is 35.5. The number of aromatic nitrogens is 2. The van der Waals surface area contributed by atoms with Crippen molar-refractivity contribution in [3.8, 4) is 0 Å². The zero-order valence-electron chi connectivity index (χ0n) is 16.9. The highest BCUT2D eigenvalue weighted by Crippen LogP contribution is 2.26. The van der Waals surface area contributed by atoms with E-state index in [9.17, 15) is 4.79 Å². The summed E-state index contributed by atoms with van der Waals surface area (Å²) in [5.74, 6) is 0.0800. The Morgan fingerprint density at radius 3 is 2.17 bits per heavy atom. The monoisotopic (exact) mass is 430 g/mol. The Morgan fingerprint density at radius 1 is 1.03 bits per heavy atom. The van der Waals surface area contributed by atoms with E-state index in [0.29, 0.717) is 10.0 Å². The van der Waals surface area contributed by atoms with E-state index in [2.05, 4.69) is 10.4 Å². The molecule has 0 aliphatic rings. The quantitative estimate of drug-likeness (QED) is 0.521. The number of rotatable bonds is 7. The van der Waals surface area contributed by atoms with Gasteiger partial charge in [0.05, 0.1) is 5.69 Å². The Labute approximate surface area is 181 Å². The molecule has 1 aromatic heterocycles. The van der Waals surface area contributed by atoms with Crippen LogP contribution in [0.3, 0.4) is 0 Å². The number of nitrogens with zero attached hydrogens (tertiary/aromatic N) is 1. The maximum absolute atomic E-state index is 12.7. The van der Waals surface area contributed by atoms with Gasteiger partial charge in [0.1, 0.15) is 0 Å². The van der Waals surface area contributed by atoms with Crippen molar-refractivity contribution < 1.29 is 9.48 Å². The van der Waals surface area contributed by atoms with Gasteiger partial charge in [0.15, 0.2) is 0 Å². The lowest BCUT2D eigenvalue weighted by Crippen LogP contribution is -2.49. The first kappa shape index (κ1) is 21.4. The fraction of sp³-hybridized carbons (Fsp3) is 0.304. The Morgan fingerprint density at radius 2 is 1.62 bits per heavy atom. The van der Waals surface area contributed by atoms with Crippen molar-refractivity contribution in [1.82, 2.24) is 10.4 Å². The van der Waals surface area contributed by atoms with Crippen LogP contribution in [0.15, 0.2) is 54.6 Å². The predicted molar refractivity (Wildman–Crippen MR) is 117 cm³/mol. The third-order valence-electron chi connectivity index (χ3n) is 5.12. The Balaban J connectivity index is 1.76. The Hall–Kier alpha value is -2.30. The van der Waals surface area contributed by atoms with Crippen LogP contribution in [0.5, 0.6) is 0 Å². The second-order valence-corrected chi connectivity index (χ2v) is 8.38. The lowest BCUT2D eigenvalue weighted by atomic mass is 9.86. The molecule has 2 aromatic carbocycles. The smallest absolute Gasteiger partial charge is 0.288 e. The molecule has 3 aromatic rings. The SMILES string of the molecule is Cc1cc(C)[n+](CC(=O)N[C@H](C)[C@H](Cc2ccc(Cl)cc2)c2ccc(Cl)cc2)[nH]1. The molecule has 1 amide bonds. The molecule has 0 spiro atoms. The first-order chi connectivity index (χ1) is 13.8. The Bertz CT molecular complexity index is 965. The van der Waals surface area contributed by atoms with E-state index >= 15 is 0 Å². The number of hydrogen-bond donors (Lipinski definition) is 2. The first-order valence-electron chi connectivity index (χ1n) is 9.67. The molecule has 0 unspecified atom stereocenters. The maximum atomic E-state index is 12.7. The topological polar surface area (TPSA) is 48.8 Å². The fourth-order valence-electron chi connectivity index (χ4n) is 3.60. The summed E-state index contributed by atoms with van der Waals surface area (Å²) in [6.45, 7) is 6.27. The van der Waals surface area contributed by atoms with Crippen molar-refractivity contribution >= 4 is 29.1 Å². The molecule has 4 nitrogen and oxygen atoms in total. The van der Waals surface area contributed by atoms with Gasteiger partial charge in [0.2, 0.25) is 12.2 Å². The van der Waals surface area contributed by atoms with Crippen molar-refractivity contribution in [2.45, 2.75) is 45.7 Å². The second kappa shape index (κ2) is 9.47. The molecule has 152 valence electrons. The number of hydrogen-bond acceptors (Lipinski definition) is 1. The van der Waals surface area contributed by atoms with Crippen LogP contribution in [0.2, 0.25) is 10.0 Å². The number of carbonyl (C=O) groups excluding carboxylic acids is 1. The third-order valence-corrected chi connectivity index (χ3v) is 5.63. The van der Waals surface area contributed by atoms with Gasteiger partial charge in [-0.15, -0.1) is 4.68 Å². The molecule has 0 fully saturated rings. The zero-order valence-corrected chi connectivity index (χ0v) is 18.4. The summed E-state index contributed by atoms with van der Waals surface area (Å²) in [5.41, 5.74) is 4.36. The maximum Gasteiger partial charge on any atom is 0.288 e. The summed E-state index contributed by atoms with van der Waals surface area (Å²) < 4.78 is 1.86. The van der Waals surface area contributed by atoms with E-state index < -0.39 is 0 Å². The van der Waals surface area contributed by atoms with Crippen molar-refractivity contribution in [1.29, 1.82) is 0 Å². The molecule has 0 saturated carbocycles. The lowest BCUT2D eigenvalue weighted by molar-refractivity contribution is -0.744.